The number of nitrogens with zero attached hydrogens (tertiary/aromatic N) is 3. The van der Waals surface area contributed by atoms with Crippen LogP contribution < -0.4 is 0 Å². The van der Waals surface area contributed by atoms with Crippen LogP contribution in [0.25, 0.3) is 11.8 Å². The highest BCUT2D eigenvalue weighted by atomic mass is 35.5. The molecule has 0 spiro atoms. The highest BCUT2D eigenvalue weighted by Crippen LogP contribution is 2.30. The van der Waals surface area contributed by atoms with E-state index in [1.807, 2.05) is 20.8 Å². The number of hydrogen-bond acceptors (Lipinski definition) is 3. The molecule has 0 aliphatic rings. The van der Waals surface area contributed by atoms with Crippen molar-refractivity contribution in [3.8, 4) is 0 Å². The van der Waals surface area contributed by atoms with E-state index in [-0.39, 0.29) is 5.41 Å². The van der Waals surface area contributed by atoms with Gasteiger partial charge in [0.25, 0.3) is 0 Å². The van der Waals surface area contributed by atoms with Crippen molar-refractivity contribution in [1.82, 2.24) is 15.0 Å². The van der Waals surface area contributed by atoms with Gasteiger partial charge in [0.05, 0.1) is 18.1 Å². The zero-order chi connectivity index (χ0) is 15.6. The fourth-order valence-corrected chi connectivity index (χ4v) is 2.30. The summed E-state index contributed by atoms with van der Waals surface area (Å²) in [6.45, 7) is 5.85. The summed E-state index contributed by atoms with van der Waals surface area (Å²) in [5.41, 5.74) is 1.01. The first-order valence-electron chi connectivity index (χ1n) is 6.50. The Balaban J connectivity index is 2.52. The monoisotopic (exact) mass is 325 g/mol. The van der Waals surface area contributed by atoms with Gasteiger partial charge < -0.3 is 5.11 Å². The molecule has 4 nitrogen and oxygen atoms in total. The molecule has 1 heterocycles. The highest BCUT2D eigenvalue weighted by Gasteiger charge is 2.27. The highest BCUT2D eigenvalue weighted by molar-refractivity contribution is 6.35. The number of aliphatic hydroxyl groups excluding tert-OH is 1. The minimum Gasteiger partial charge on any atom is -0.386 e. The first-order valence-corrected chi connectivity index (χ1v) is 7.26. The lowest BCUT2D eigenvalue weighted by atomic mass is 9.86. The number of hydrogen-bond donors (Lipinski definition) is 1. The lowest BCUT2D eigenvalue weighted by molar-refractivity contribution is 0.109. The lowest BCUT2D eigenvalue weighted by Gasteiger charge is -2.28. The Bertz CT molecular complexity index is 645. The van der Waals surface area contributed by atoms with E-state index in [0.29, 0.717) is 15.7 Å². The van der Waals surface area contributed by atoms with Gasteiger partial charge in [0.15, 0.2) is 0 Å². The summed E-state index contributed by atoms with van der Waals surface area (Å²) in [4.78, 5) is 0. The second-order valence-corrected chi connectivity index (χ2v) is 6.69. The third-order valence-corrected chi connectivity index (χ3v) is 3.62. The molecule has 0 amide bonds. The molecular weight excluding hydrogens is 309 g/mol. The van der Waals surface area contributed by atoms with E-state index in [4.69, 9.17) is 23.2 Å². The second kappa shape index (κ2) is 6.18. The molecule has 1 aromatic heterocycles. The van der Waals surface area contributed by atoms with Gasteiger partial charge in [-0.3, -0.25) is 0 Å². The van der Waals surface area contributed by atoms with Gasteiger partial charge in [-0.05, 0) is 29.2 Å². The third-order valence-electron chi connectivity index (χ3n) is 3.05. The van der Waals surface area contributed by atoms with Crippen molar-refractivity contribution < 1.29 is 5.11 Å². The van der Waals surface area contributed by atoms with Crippen LogP contribution in [0, 0.1) is 5.41 Å². The Kier molecular flexibility index (Phi) is 4.71. The number of benzene rings is 1. The van der Waals surface area contributed by atoms with Gasteiger partial charge in [-0.1, -0.05) is 55.3 Å². The fourth-order valence-electron chi connectivity index (χ4n) is 1.84. The minimum atomic E-state index is -0.731. The summed E-state index contributed by atoms with van der Waals surface area (Å²) in [7, 11) is 0. The molecule has 1 unspecified atom stereocenters. The third kappa shape index (κ3) is 3.84. The Morgan fingerprint density at radius 3 is 2.57 bits per heavy atom. The van der Waals surface area contributed by atoms with Crippen molar-refractivity contribution in [2.24, 2.45) is 5.41 Å². The molecule has 1 N–H and O–H groups in total. The maximum Gasteiger partial charge on any atom is 0.101 e. The topological polar surface area (TPSA) is 50.9 Å². The fraction of sp³-hybridized carbons (Fsp3) is 0.333. The number of halogens is 2. The zero-order valence-corrected chi connectivity index (χ0v) is 13.6. The second-order valence-electron chi connectivity index (χ2n) is 5.85. The van der Waals surface area contributed by atoms with E-state index in [1.54, 1.807) is 41.4 Å². The Labute approximate surface area is 134 Å². The van der Waals surface area contributed by atoms with Crippen LogP contribution in [-0.4, -0.2) is 26.2 Å². The SMILES string of the molecule is CC(C)(C)C(O)C(=Cc1ccc(Cl)cc1Cl)n1ccnn1. The number of aromatic nitrogens is 3. The van der Waals surface area contributed by atoms with Crippen molar-refractivity contribution in [2.75, 3.05) is 0 Å². The van der Waals surface area contributed by atoms with E-state index in [1.165, 1.54) is 0 Å². The molecule has 1 atom stereocenters. The molecule has 0 bridgehead atoms. The first kappa shape index (κ1) is 16.0. The molecule has 0 aliphatic carbocycles. The molecule has 0 aliphatic heterocycles. The van der Waals surface area contributed by atoms with Crippen LogP contribution in [0.5, 0.6) is 0 Å². The molecule has 0 fully saturated rings. The Morgan fingerprint density at radius 1 is 1.33 bits per heavy atom. The van der Waals surface area contributed by atoms with Crippen molar-refractivity contribution in [1.29, 1.82) is 0 Å². The minimum absolute atomic E-state index is 0.351. The van der Waals surface area contributed by atoms with Crippen LogP contribution in [0.1, 0.15) is 26.3 Å². The van der Waals surface area contributed by atoms with E-state index < -0.39 is 6.10 Å². The summed E-state index contributed by atoms with van der Waals surface area (Å²) in [5.74, 6) is 0. The van der Waals surface area contributed by atoms with Gasteiger partial charge in [-0.25, -0.2) is 4.68 Å². The quantitative estimate of drug-likeness (QED) is 0.928. The molecule has 1 aromatic carbocycles. The number of aliphatic hydroxyl groups is 1. The van der Waals surface area contributed by atoms with Crippen molar-refractivity contribution in [2.45, 2.75) is 26.9 Å². The van der Waals surface area contributed by atoms with Gasteiger partial charge in [0.2, 0.25) is 0 Å². The van der Waals surface area contributed by atoms with Crippen molar-refractivity contribution in [3.63, 3.8) is 0 Å². The molecule has 2 rings (SSSR count). The first-order chi connectivity index (χ1) is 9.79. The van der Waals surface area contributed by atoms with Crippen LogP contribution in [0.3, 0.4) is 0 Å². The smallest absolute Gasteiger partial charge is 0.101 e. The summed E-state index contributed by atoms with van der Waals surface area (Å²) in [6, 6.07) is 5.22. The standard InChI is InChI=1S/C15H17Cl2N3O/c1-15(2,3)14(21)13(20-7-6-18-19-20)8-10-4-5-11(16)9-12(10)17/h4-9,14,21H,1-3H3. The maximum atomic E-state index is 10.6. The molecule has 2 aromatic rings. The summed E-state index contributed by atoms with van der Waals surface area (Å²) < 4.78 is 1.54. The molecule has 6 heteroatoms. The van der Waals surface area contributed by atoms with Gasteiger partial charge in [0.1, 0.15) is 6.10 Å². The summed E-state index contributed by atoms with van der Waals surface area (Å²) in [5, 5.41) is 19.4. The van der Waals surface area contributed by atoms with Crippen LogP contribution in [0.4, 0.5) is 0 Å². The van der Waals surface area contributed by atoms with Crippen molar-refractivity contribution >= 4 is 35.0 Å². The van der Waals surface area contributed by atoms with Crippen LogP contribution in [0.2, 0.25) is 10.0 Å². The van der Waals surface area contributed by atoms with E-state index >= 15 is 0 Å². The average Bonchev–Trinajstić information content (AvgIpc) is 2.90. The lowest BCUT2D eigenvalue weighted by Crippen LogP contribution is -2.29. The maximum absolute atomic E-state index is 10.6. The average molecular weight is 326 g/mol. The van der Waals surface area contributed by atoms with E-state index in [2.05, 4.69) is 10.3 Å². The molecule has 112 valence electrons. The molecule has 0 saturated heterocycles. The molecular formula is C15H17Cl2N3O. The van der Waals surface area contributed by atoms with E-state index in [9.17, 15) is 5.11 Å². The Morgan fingerprint density at radius 2 is 2.05 bits per heavy atom. The predicted octanol–water partition coefficient (Wildman–Crippen LogP) is 3.99. The van der Waals surface area contributed by atoms with Gasteiger partial charge in [0, 0.05) is 10.0 Å². The largest absolute Gasteiger partial charge is 0.386 e. The molecule has 21 heavy (non-hydrogen) atoms. The molecule has 0 saturated carbocycles. The van der Waals surface area contributed by atoms with Crippen LogP contribution in [0.15, 0.2) is 30.6 Å². The van der Waals surface area contributed by atoms with Gasteiger partial charge in [-0.15, -0.1) is 5.10 Å². The van der Waals surface area contributed by atoms with Crippen LogP contribution >= 0.6 is 23.2 Å². The van der Waals surface area contributed by atoms with Crippen molar-refractivity contribution in [3.05, 3.63) is 46.2 Å². The van der Waals surface area contributed by atoms with E-state index in [0.717, 1.165) is 5.56 Å². The predicted molar refractivity (Wildman–Crippen MR) is 86.1 cm³/mol. The Hall–Kier alpha value is -1.36. The summed E-state index contributed by atoms with van der Waals surface area (Å²) >= 11 is 12.1. The summed E-state index contributed by atoms with van der Waals surface area (Å²) in [6.07, 6.45) is 4.31. The zero-order valence-electron chi connectivity index (χ0n) is 12.1. The van der Waals surface area contributed by atoms with Gasteiger partial charge >= 0.3 is 0 Å². The van der Waals surface area contributed by atoms with Gasteiger partial charge in [-0.2, -0.15) is 0 Å². The normalized spacial score (nSPS) is 14.3. The molecule has 0 radical (unpaired) electrons. The number of rotatable bonds is 3. The van der Waals surface area contributed by atoms with Crippen LogP contribution in [-0.2, 0) is 0 Å².